The Bertz CT molecular complexity index is 1610. The lowest BCUT2D eigenvalue weighted by Crippen LogP contribution is -2.63. The number of carbonyl (C=O) groups is 9. The van der Waals surface area contributed by atoms with Gasteiger partial charge < -0.3 is 64.2 Å². The van der Waals surface area contributed by atoms with Gasteiger partial charge in [-0.25, -0.2) is 4.79 Å². The lowest BCUT2D eigenvalue weighted by Gasteiger charge is -2.31. The van der Waals surface area contributed by atoms with E-state index in [-0.39, 0.29) is 37.8 Å². The van der Waals surface area contributed by atoms with Crippen molar-refractivity contribution in [3.63, 3.8) is 0 Å². The molecule has 0 bridgehead atoms. The average molecular weight is 940 g/mol. The summed E-state index contributed by atoms with van der Waals surface area (Å²) >= 11 is 0. The van der Waals surface area contributed by atoms with E-state index in [9.17, 15) is 56.6 Å². The van der Waals surface area contributed by atoms with Crippen LogP contribution in [0, 0.1) is 17.8 Å². The topological polar surface area (TPSA) is 355 Å². The van der Waals surface area contributed by atoms with E-state index in [4.69, 9.17) is 21.4 Å². The summed E-state index contributed by atoms with van der Waals surface area (Å²) in [5.74, 6) is -9.41. The number of aliphatic hydroxyl groups is 1. The van der Waals surface area contributed by atoms with Crippen molar-refractivity contribution in [2.75, 3.05) is 19.6 Å². The first-order chi connectivity index (χ1) is 30.1. The fourth-order valence-electron chi connectivity index (χ4n) is 5.66. The minimum Gasteiger partial charge on any atom is -0.475 e. The summed E-state index contributed by atoms with van der Waals surface area (Å²) in [4.78, 5) is 118. The summed E-state index contributed by atoms with van der Waals surface area (Å²) < 4.78 is 31.7. The number of carboxylic acids is 1. The lowest BCUT2D eigenvalue weighted by molar-refractivity contribution is -0.192. The molecule has 0 aliphatic carbocycles. The molecule has 9 atom stereocenters. The molecule has 374 valence electrons. The van der Waals surface area contributed by atoms with Crippen LogP contribution < -0.4 is 54.0 Å². The van der Waals surface area contributed by atoms with Gasteiger partial charge in [0, 0.05) is 20.0 Å². The minimum atomic E-state index is -5.08. The number of rotatable bonds is 27. The number of nitrogens with two attached hydrogens (primary N) is 2. The highest BCUT2D eigenvalue weighted by Gasteiger charge is 2.39. The quantitative estimate of drug-likeness (QED) is 0.0262. The largest absolute Gasteiger partial charge is 0.490 e. The summed E-state index contributed by atoms with van der Waals surface area (Å²) in [6, 6.07) is -7.14. The number of halogens is 3. The van der Waals surface area contributed by atoms with E-state index in [0.717, 1.165) is 0 Å². The van der Waals surface area contributed by atoms with Gasteiger partial charge in [-0.3, -0.25) is 43.3 Å². The van der Waals surface area contributed by atoms with Crippen LogP contribution in [-0.4, -0.2) is 138 Å². The fraction of sp³-hybridized carbons (Fsp3) is 0.750. The van der Waals surface area contributed by atoms with Gasteiger partial charge >= 0.3 is 12.1 Å². The van der Waals surface area contributed by atoms with E-state index < -0.39 is 114 Å². The molecule has 0 fully saturated rings. The highest BCUT2D eigenvalue weighted by Crippen LogP contribution is 2.14. The molecule has 8 amide bonds. The van der Waals surface area contributed by atoms with Crippen LogP contribution in [0.15, 0.2) is 4.99 Å². The van der Waals surface area contributed by atoms with Crippen LogP contribution in [0.2, 0.25) is 0 Å². The van der Waals surface area contributed by atoms with Crippen LogP contribution in [0.5, 0.6) is 0 Å². The van der Waals surface area contributed by atoms with Crippen LogP contribution in [0.25, 0.3) is 0 Å². The highest BCUT2D eigenvalue weighted by atomic mass is 19.4. The normalized spacial score (nSPS) is 15.2. The number of guanidine groups is 1. The number of carboxylic acid groups (broad SMARTS) is 1. The standard InChI is InChI=1S/C38H71N11O9.C2HF3O2/c1-11-16-25(32(53)41-14-4)44-35(56)29(21(7)12-2)47-33(54)26(17-15-18-42-38(39)40)45-37(58)31(23(9)50)49-36(57)30(22(8)13-3)48-34(55)28(20(5)6)46-27(52)19-43-24(10)51;3-2(4,5)1(6)7/h20-23,25-26,28-31,50H,11-19H2,1-10H3,(H,41,53)(H,43,51)(H,44,56)(H,45,58)(H,46,52)(H,47,54)(H,48,55)(H,49,57)(H4,39,40,42);(H,6,7)/t21-,22-,23+,25-,26-,28-,29-,30+,31-;/m0./s1. The van der Waals surface area contributed by atoms with Crippen molar-refractivity contribution in [2.24, 2.45) is 34.2 Å². The molecular weight excluding hydrogens is 867 g/mol. The van der Waals surface area contributed by atoms with E-state index in [1.165, 1.54) is 13.8 Å². The number of nitrogens with one attached hydrogen (secondary N) is 8. The second-order valence-electron chi connectivity index (χ2n) is 15.7. The summed E-state index contributed by atoms with van der Waals surface area (Å²) in [6.07, 6.45) is -4.51. The number of aliphatic carboxylic acids is 1. The molecule has 0 radical (unpaired) electrons. The van der Waals surface area contributed by atoms with Crippen molar-refractivity contribution in [2.45, 2.75) is 156 Å². The molecule has 65 heavy (non-hydrogen) atoms. The molecule has 0 saturated heterocycles. The zero-order chi connectivity index (χ0) is 50.8. The highest BCUT2D eigenvalue weighted by molar-refractivity contribution is 5.97. The predicted molar refractivity (Wildman–Crippen MR) is 233 cm³/mol. The van der Waals surface area contributed by atoms with Gasteiger partial charge in [0.2, 0.25) is 47.3 Å². The van der Waals surface area contributed by atoms with Crippen molar-refractivity contribution in [1.29, 1.82) is 0 Å². The zero-order valence-electron chi connectivity index (χ0n) is 38.9. The first-order valence-corrected chi connectivity index (χ1v) is 21.5. The van der Waals surface area contributed by atoms with Crippen LogP contribution >= 0.6 is 0 Å². The molecular formula is C40H72F3N11O11. The van der Waals surface area contributed by atoms with Crippen LogP contribution in [0.3, 0.4) is 0 Å². The van der Waals surface area contributed by atoms with Gasteiger partial charge in [-0.1, -0.05) is 67.7 Å². The van der Waals surface area contributed by atoms with Crippen molar-refractivity contribution in [1.82, 2.24) is 42.5 Å². The minimum absolute atomic E-state index is 0.0170. The summed E-state index contributed by atoms with van der Waals surface area (Å²) in [7, 11) is 0. The summed E-state index contributed by atoms with van der Waals surface area (Å²) in [6.45, 7) is 16.7. The first kappa shape index (κ1) is 61.3. The van der Waals surface area contributed by atoms with Crippen molar-refractivity contribution >= 4 is 59.2 Å². The van der Waals surface area contributed by atoms with E-state index in [1.54, 1.807) is 41.5 Å². The lowest BCUT2D eigenvalue weighted by atomic mass is 9.95. The Kier molecular flexibility index (Phi) is 29.4. The third-order valence-corrected chi connectivity index (χ3v) is 9.79. The average Bonchev–Trinajstić information content (AvgIpc) is 3.21. The first-order valence-electron chi connectivity index (χ1n) is 21.5. The van der Waals surface area contributed by atoms with Gasteiger partial charge in [-0.15, -0.1) is 0 Å². The Morgan fingerprint density at radius 3 is 1.45 bits per heavy atom. The third-order valence-electron chi connectivity index (χ3n) is 9.79. The molecule has 0 aliphatic heterocycles. The van der Waals surface area contributed by atoms with Crippen molar-refractivity contribution in [3.8, 4) is 0 Å². The molecule has 0 saturated carbocycles. The van der Waals surface area contributed by atoms with E-state index in [1.807, 2.05) is 13.8 Å². The molecule has 0 unspecified atom stereocenters. The van der Waals surface area contributed by atoms with E-state index >= 15 is 0 Å². The van der Waals surface area contributed by atoms with Gasteiger partial charge in [0.05, 0.1) is 12.6 Å². The molecule has 0 aromatic carbocycles. The molecule has 0 spiro atoms. The number of carbonyl (C=O) groups excluding carboxylic acids is 8. The van der Waals surface area contributed by atoms with Gasteiger partial charge in [0.1, 0.15) is 36.3 Å². The van der Waals surface area contributed by atoms with Gasteiger partial charge in [-0.2, -0.15) is 13.2 Å². The molecule has 0 aliphatic rings. The van der Waals surface area contributed by atoms with Crippen molar-refractivity contribution < 1.29 is 66.5 Å². The molecule has 0 aromatic rings. The van der Waals surface area contributed by atoms with Gasteiger partial charge in [0.25, 0.3) is 0 Å². The van der Waals surface area contributed by atoms with E-state index in [0.29, 0.717) is 32.2 Å². The molecule has 0 heterocycles. The Hall–Kier alpha value is -5.75. The maximum Gasteiger partial charge on any atom is 0.490 e. The molecule has 14 N–H and O–H groups in total. The summed E-state index contributed by atoms with van der Waals surface area (Å²) in [5, 5.41) is 38.7. The number of likely N-dealkylation sites (N-methyl/N-ethyl adjacent to an activating group) is 1. The number of nitrogens with zero attached hydrogens (tertiary/aromatic N) is 1. The number of hydrogen-bond donors (Lipinski definition) is 12. The SMILES string of the molecule is CCC[C@H](NC(=O)[C@@H](NC(=O)[C@H](CCCN=C(N)N)NC(=O)[C@@H](NC(=O)[C@H](NC(=O)[C@@H](NC(=O)CNC(C)=O)C(C)C)[C@@H](C)CC)[C@@H](C)O)[C@@H](C)CC)C(=O)NCC.O=C(O)C(F)(F)F. The molecule has 22 nitrogen and oxygen atoms in total. The Labute approximate surface area is 377 Å². The van der Waals surface area contributed by atoms with Crippen molar-refractivity contribution in [3.05, 3.63) is 0 Å². The third kappa shape index (κ3) is 24.8. The smallest absolute Gasteiger partial charge is 0.475 e. The van der Waals surface area contributed by atoms with Crippen LogP contribution in [-0.2, 0) is 43.2 Å². The summed E-state index contributed by atoms with van der Waals surface area (Å²) in [5.41, 5.74) is 10.9. The van der Waals surface area contributed by atoms with Crippen LogP contribution in [0.4, 0.5) is 13.2 Å². The maximum absolute atomic E-state index is 13.9. The second-order valence-corrected chi connectivity index (χ2v) is 15.7. The molecule has 0 aromatic heterocycles. The number of aliphatic imine (C=N–C) groups is 1. The Morgan fingerprint density at radius 1 is 0.615 bits per heavy atom. The maximum atomic E-state index is 13.9. The predicted octanol–water partition coefficient (Wildman–Crippen LogP) is -1.22. The number of hydrogen-bond acceptors (Lipinski definition) is 11. The molecule has 0 rings (SSSR count). The Balaban J connectivity index is 0. The molecule has 25 heteroatoms. The van der Waals surface area contributed by atoms with Gasteiger partial charge in [-0.05, 0) is 50.9 Å². The number of amides is 8. The fourth-order valence-corrected chi connectivity index (χ4v) is 5.66. The number of alkyl halides is 3. The van der Waals surface area contributed by atoms with Gasteiger partial charge in [0.15, 0.2) is 5.96 Å². The number of aliphatic hydroxyl groups excluding tert-OH is 1. The van der Waals surface area contributed by atoms with Crippen LogP contribution in [0.1, 0.15) is 108 Å². The Morgan fingerprint density at radius 2 is 1.05 bits per heavy atom. The second kappa shape index (κ2) is 31.2. The monoisotopic (exact) mass is 940 g/mol. The van der Waals surface area contributed by atoms with E-state index in [2.05, 4.69) is 47.5 Å². The zero-order valence-corrected chi connectivity index (χ0v) is 38.9.